The highest BCUT2D eigenvalue weighted by Gasteiger charge is 2.12. The van der Waals surface area contributed by atoms with Gasteiger partial charge in [0.25, 0.3) is 0 Å². The summed E-state index contributed by atoms with van der Waals surface area (Å²) in [6.07, 6.45) is 0. The maximum atomic E-state index is 3.56. The lowest BCUT2D eigenvalue weighted by Gasteiger charge is -2.10. The number of anilines is 2. The molecule has 0 amide bonds. The summed E-state index contributed by atoms with van der Waals surface area (Å²) in [4.78, 5) is 2.54. The van der Waals surface area contributed by atoms with Crippen LogP contribution < -0.4 is 5.32 Å². The van der Waals surface area contributed by atoms with Crippen LogP contribution in [0.3, 0.4) is 0 Å². The van der Waals surface area contributed by atoms with Gasteiger partial charge in [-0.15, -0.1) is 11.3 Å². The molecule has 4 aromatic carbocycles. The van der Waals surface area contributed by atoms with E-state index in [9.17, 15) is 0 Å². The topological polar surface area (TPSA) is 12.0 Å². The van der Waals surface area contributed by atoms with Gasteiger partial charge in [0.05, 0.1) is 0 Å². The normalized spacial score (nSPS) is 11.1. The van der Waals surface area contributed by atoms with E-state index in [4.69, 9.17) is 0 Å². The van der Waals surface area contributed by atoms with E-state index in [0.29, 0.717) is 0 Å². The Bertz CT molecular complexity index is 1210. The van der Waals surface area contributed by atoms with Gasteiger partial charge in [-0.25, -0.2) is 0 Å². The molecule has 0 radical (unpaired) electrons. The van der Waals surface area contributed by atoms with Gasteiger partial charge in [-0.3, -0.25) is 0 Å². The lowest BCUT2D eigenvalue weighted by molar-refractivity contribution is 1.44. The monoisotopic (exact) mass is 383 g/mol. The fourth-order valence-corrected chi connectivity index (χ4v) is 5.56. The fourth-order valence-electron chi connectivity index (χ4n) is 3.27. The molecule has 5 aromatic rings. The third kappa shape index (κ3) is 3.32. The van der Waals surface area contributed by atoms with Crippen LogP contribution in [0, 0.1) is 0 Å². The van der Waals surface area contributed by atoms with Crippen LogP contribution in [0.15, 0.2) is 107 Å². The lowest BCUT2D eigenvalue weighted by Crippen LogP contribution is -1.90. The van der Waals surface area contributed by atoms with Crippen LogP contribution in [0.1, 0.15) is 0 Å². The predicted molar refractivity (Wildman–Crippen MR) is 120 cm³/mol. The van der Waals surface area contributed by atoms with Crippen molar-refractivity contribution in [3.63, 3.8) is 0 Å². The largest absolute Gasteiger partial charge is 0.355 e. The van der Waals surface area contributed by atoms with Crippen molar-refractivity contribution in [2.45, 2.75) is 9.79 Å². The second-order valence-electron chi connectivity index (χ2n) is 6.35. The van der Waals surface area contributed by atoms with Crippen molar-refractivity contribution in [2.75, 3.05) is 5.32 Å². The zero-order valence-corrected chi connectivity index (χ0v) is 16.2. The minimum atomic E-state index is 1.11. The Morgan fingerprint density at radius 1 is 0.630 bits per heavy atom. The van der Waals surface area contributed by atoms with Crippen molar-refractivity contribution in [3.8, 4) is 0 Å². The highest BCUT2D eigenvalue weighted by atomic mass is 32.2. The molecule has 1 heterocycles. The zero-order valence-electron chi connectivity index (χ0n) is 14.6. The van der Waals surface area contributed by atoms with Gasteiger partial charge in [-0.1, -0.05) is 66.4 Å². The molecule has 3 heteroatoms. The Morgan fingerprint density at radius 3 is 2.15 bits per heavy atom. The van der Waals surface area contributed by atoms with Crippen LogP contribution in [0.2, 0.25) is 0 Å². The van der Waals surface area contributed by atoms with Crippen molar-refractivity contribution >= 4 is 54.6 Å². The average Bonchev–Trinajstić information content (AvgIpc) is 3.08. The van der Waals surface area contributed by atoms with E-state index in [-0.39, 0.29) is 0 Å². The molecule has 0 atom stereocenters. The fraction of sp³-hybridized carbons (Fsp3) is 0. The van der Waals surface area contributed by atoms with E-state index in [0.717, 1.165) is 11.4 Å². The SMILES string of the molecule is c1ccc(Nc2cc(Sc3ccccc3)c3c(c2)sc2ccccc23)cc1. The summed E-state index contributed by atoms with van der Waals surface area (Å²) < 4.78 is 2.65. The molecule has 0 aliphatic heterocycles. The van der Waals surface area contributed by atoms with Gasteiger partial charge in [0, 0.05) is 41.3 Å². The van der Waals surface area contributed by atoms with Crippen LogP contribution in [0.4, 0.5) is 11.4 Å². The number of hydrogen-bond acceptors (Lipinski definition) is 3. The number of nitrogens with one attached hydrogen (secondary N) is 1. The number of thiophene rings is 1. The molecule has 0 fully saturated rings. The molecule has 0 aliphatic carbocycles. The first-order chi connectivity index (χ1) is 13.4. The Morgan fingerprint density at radius 2 is 1.33 bits per heavy atom. The second-order valence-corrected chi connectivity index (χ2v) is 8.55. The van der Waals surface area contributed by atoms with Crippen LogP contribution >= 0.6 is 23.1 Å². The third-order valence-corrected chi connectivity index (χ3v) is 6.64. The molecule has 1 nitrogen and oxygen atoms in total. The van der Waals surface area contributed by atoms with Crippen molar-refractivity contribution in [1.29, 1.82) is 0 Å². The number of fused-ring (bicyclic) bond motifs is 3. The first kappa shape index (κ1) is 16.4. The van der Waals surface area contributed by atoms with Crippen molar-refractivity contribution in [2.24, 2.45) is 0 Å². The zero-order chi connectivity index (χ0) is 18.1. The van der Waals surface area contributed by atoms with Crippen LogP contribution in [-0.4, -0.2) is 0 Å². The minimum absolute atomic E-state index is 1.11. The number of benzene rings is 4. The van der Waals surface area contributed by atoms with Gasteiger partial charge in [0.1, 0.15) is 0 Å². The molecular formula is C24H17NS2. The summed E-state index contributed by atoms with van der Waals surface area (Å²) in [5.74, 6) is 0. The molecule has 1 N–H and O–H groups in total. The molecule has 0 bridgehead atoms. The highest BCUT2D eigenvalue weighted by Crippen LogP contribution is 2.43. The summed E-state index contributed by atoms with van der Waals surface area (Å²) in [5, 5.41) is 6.25. The Labute approximate surface area is 166 Å². The quantitative estimate of drug-likeness (QED) is 0.338. The van der Waals surface area contributed by atoms with E-state index in [1.807, 2.05) is 29.2 Å². The van der Waals surface area contributed by atoms with E-state index < -0.39 is 0 Å². The summed E-state index contributed by atoms with van der Waals surface area (Å²) >= 11 is 3.69. The molecule has 5 rings (SSSR count). The molecule has 0 unspecified atom stereocenters. The smallest absolute Gasteiger partial charge is 0.0410 e. The van der Waals surface area contributed by atoms with Gasteiger partial charge < -0.3 is 5.32 Å². The van der Waals surface area contributed by atoms with E-state index in [1.54, 1.807) is 0 Å². The van der Waals surface area contributed by atoms with Crippen LogP contribution in [-0.2, 0) is 0 Å². The van der Waals surface area contributed by atoms with Crippen molar-refractivity contribution in [1.82, 2.24) is 0 Å². The van der Waals surface area contributed by atoms with Crippen LogP contribution in [0.5, 0.6) is 0 Å². The van der Waals surface area contributed by atoms with Crippen molar-refractivity contribution in [3.05, 3.63) is 97.1 Å². The Kier molecular flexibility index (Phi) is 4.32. The van der Waals surface area contributed by atoms with Gasteiger partial charge in [0.15, 0.2) is 0 Å². The van der Waals surface area contributed by atoms with Crippen molar-refractivity contribution < 1.29 is 0 Å². The molecule has 27 heavy (non-hydrogen) atoms. The van der Waals surface area contributed by atoms with E-state index in [2.05, 4.69) is 96.3 Å². The van der Waals surface area contributed by atoms with Gasteiger partial charge >= 0.3 is 0 Å². The molecule has 0 saturated carbocycles. The predicted octanol–water partition coefficient (Wildman–Crippen LogP) is 7.95. The van der Waals surface area contributed by atoms with Gasteiger partial charge in [-0.2, -0.15) is 0 Å². The number of hydrogen-bond donors (Lipinski definition) is 1. The highest BCUT2D eigenvalue weighted by molar-refractivity contribution is 7.99. The maximum absolute atomic E-state index is 3.56. The van der Waals surface area contributed by atoms with Crippen LogP contribution in [0.25, 0.3) is 20.2 Å². The summed E-state index contributed by atoms with van der Waals surface area (Å²) in [7, 11) is 0. The van der Waals surface area contributed by atoms with E-state index in [1.165, 1.54) is 30.0 Å². The molecule has 0 saturated heterocycles. The first-order valence-electron chi connectivity index (χ1n) is 8.87. The van der Waals surface area contributed by atoms with E-state index >= 15 is 0 Å². The number of rotatable bonds is 4. The number of para-hydroxylation sites is 1. The third-order valence-electron chi connectivity index (χ3n) is 4.48. The average molecular weight is 384 g/mol. The standard InChI is InChI=1S/C24H17NS2/c1-3-9-17(10-4-1)25-18-15-22(26-19-11-5-2-6-12-19)24-20-13-7-8-14-21(20)27-23(24)16-18/h1-16,25H. The molecular weight excluding hydrogens is 366 g/mol. The molecule has 130 valence electrons. The minimum Gasteiger partial charge on any atom is -0.355 e. The summed E-state index contributed by atoms with van der Waals surface area (Å²) in [6, 6.07) is 34.1. The molecule has 0 spiro atoms. The molecule has 1 aromatic heterocycles. The summed E-state index contributed by atoms with van der Waals surface area (Å²) in [5.41, 5.74) is 2.23. The van der Waals surface area contributed by atoms with Gasteiger partial charge in [0.2, 0.25) is 0 Å². The lowest BCUT2D eigenvalue weighted by atomic mass is 10.1. The Balaban J connectivity index is 1.68. The second kappa shape index (κ2) is 7.10. The van der Waals surface area contributed by atoms with Gasteiger partial charge in [-0.05, 0) is 42.5 Å². The molecule has 0 aliphatic rings. The first-order valence-corrected chi connectivity index (χ1v) is 10.5. The maximum Gasteiger partial charge on any atom is 0.0410 e. The Hall–Kier alpha value is -2.75. The summed E-state index contributed by atoms with van der Waals surface area (Å²) in [6.45, 7) is 0.